The SMILES string of the molecule is C[C@H](N)c1nc(C2CCCCCCC2)no1. The molecule has 2 rings (SSSR count). The van der Waals surface area contributed by atoms with Crippen molar-refractivity contribution in [3.8, 4) is 0 Å². The van der Waals surface area contributed by atoms with Crippen molar-refractivity contribution in [2.75, 3.05) is 0 Å². The molecule has 0 aliphatic heterocycles. The van der Waals surface area contributed by atoms with Crippen molar-refractivity contribution in [1.29, 1.82) is 0 Å². The Kier molecular flexibility index (Phi) is 3.93. The zero-order valence-corrected chi connectivity index (χ0v) is 9.98. The Labute approximate surface area is 96.6 Å². The Morgan fingerprint density at radius 1 is 1.19 bits per heavy atom. The highest BCUT2D eigenvalue weighted by Gasteiger charge is 2.20. The molecule has 1 atom stereocenters. The van der Waals surface area contributed by atoms with Gasteiger partial charge in [-0.3, -0.25) is 0 Å². The van der Waals surface area contributed by atoms with Gasteiger partial charge in [0.15, 0.2) is 5.82 Å². The molecule has 1 saturated carbocycles. The molecule has 1 fully saturated rings. The second-order valence-corrected chi connectivity index (χ2v) is 4.82. The second-order valence-electron chi connectivity index (χ2n) is 4.82. The van der Waals surface area contributed by atoms with Crippen molar-refractivity contribution < 1.29 is 4.52 Å². The summed E-state index contributed by atoms with van der Waals surface area (Å²) in [4.78, 5) is 4.40. The molecule has 0 amide bonds. The summed E-state index contributed by atoms with van der Waals surface area (Å²) in [6, 6.07) is -0.158. The number of hydrogen-bond acceptors (Lipinski definition) is 4. The average Bonchev–Trinajstić information content (AvgIpc) is 2.66. The molecule has 0 aromatic carbocycles. The Bertz CT molecular complexity index is 314. The summed E-state index contributed by atoms with van der Waals surface area (Å²) in [5, 5.41) is 4.07. The number of rotatable bonds is 2. The minimum Gasteiger partial charge on any atom is -0.338 e. The normalized spacial score (nSPS) is 21.4. The molecule has 4 nitrogen and oxygen atoms in total. The van der Waals surface area contributed by atoms with E-state index < -0.39 is 0 Å². The highest BCUT2D eigenvalue weighted by Crippen LogP contribution is 2.29. The van der Waals surface area contributed by atoms with Crippen LogP contribution < -0.4 is 5.73 Å². The Morgan fingerprint density at radius 2 is 1.81 bits per heavy atom. The van der Waals surface area contributed by atoms with Crippen LogP contribution in [0, 0.1) is 0 Å². The van der Waals surface area contributed by atoms with E-state index in [1.165, 1.54) is 44.9 Å². The molecule has 0 unspecified atom stereocenters. The van der Waals surface area contributed by atoms with Gasteiger partial charge in [-0.25, -0.2) is 0 Å². The maximum Gasteiger partial charge on any atom is 0.243 e. The zero-order valence-electron chi connectivity index (χ0n) is 9.98. The summed E-state index contributed by atoms with van der Waals surface area (Å²) in [5.74, 6) is 1.92. The molecule has 1 aromatic heterocycles. The molecule has 1 aliphatic rings. The van der Waals surface area contributed by atoms with Crippen molar-refractivity contribution in [3.05, 3.63) is 11.7 Å². The summed E-state index contributed by atoms with van der Waals surface area (Å²) in [6.07, 6.45) is 9.02. The molecule has 1 aromatic rings. The predicted molar refractivity (Wildman–Crippen MR) is 62.0 cm³/mol. The lowest BCUT2D eigenvalue weighted by atomic mass is 9.91. The summed E-state index contributed by atoms with van der Waals surface area (Å²) in [7, 11) is 0. The highest BCUT2D eigenvalue weighted by atomic mass is 16.5. The van der Waals surface area contributed by atoms with Gasteiger partial charge in [-0.1, -0.05) is 37.3 Å². The van der Waals surface area contributed by atoms with Crippen LogP contribution in [-0.4, -0.2) is 10.1 Å². The average molecular weight is 223 g/mol. The number of nitrogens with two attached hydrogens (primary N) is 1. The molecule has 0 spiro atoms. The molecule has 0 radical (unpaired) electrons. The minimum absolute atomic E-state index is 0.158. The van der Waals surface area contributed by atoms with Crippen LogP contribution in [-0.2, 0) is 0 Å². The summed E-state index contributed by atoms with van der Waals surface area (Å²) < 4.78 is 5.17. The standard InChI is InChI=1S/C12H21N3O/c1-9(13)12-14-11(15-16-12)10-7-5-3-2-4-6-8-10/h9-10H,2-8,13H2,1H3/t9-/m0/s1. The second kappa shape index (κ2) is 5.43. The van der Waals surface area contributed by atoms with Gasteiger partial charge in [0.05, 0.1) is 6.04 Å². The molecule has 2 N–H and O–H groups in total. The van der Waals surface area contributed by atoms with E-state index in [-0.39, 0.29) is 6.04 Å². The van der Waals surface area contributed by atoms with Gasteiger partial charge in [-0.05, 0) is 19.8 Å². The first-order valence-corrected chi connectivity index (χ1v) is 6.36. The van der Waals surface area contributed by atoms with E-state index in [2.05, 4.69) is 10.1 Å². The van der Waals surface area contributed by atoms with Crippen LogP contribution in [0.2, 0.25) is 0 Å². The quantitative estimate of drug-likeness (QED) is 0.837. The largest absolute Gasteiger partial charge is 0.338 e. The van der Waals surface area contributed by atoms with Crippen molar-refractivity contribution >= 4 is 0 Å². The van der Waals surface area contributed by atoms with E-state index in [1.54, 1.807) is 0 Å². The van der Waals surface area contributed by atoms with E-state index in [4.69, 9.17) is 10.3 Å². The first kappa shape index (κ1) is 11.6. The maximum absolute atomic E-state index is 5.72. The van der Waals surface area contributed by atoms with Crippen LogP contribution in [0.25, 0.3) is 0 Å². The van der Waals surface area contributed by atoms with Crippen molar-refractivity contribution in [2.24, 2.45) is 5.73 Å². The van der Waals surface area contributed by atoms with Gasteiger partial charge < -0.3 is 10.3 Å². The van der Waals surface area contributed by atoms with Crippen molar-refractivity contribution in [1.82, 2.24) is 10.1 Å². The summed E-state index contributed by atoms with van der Waals surface area (Å²) in [5.41, 5.74) is 5.72. The maximum atomic E-state index is 5.72. The molecule has 4 heteroatoms. The molecular formula is C12H21N3O. The van der Waals surface area contributed by atoms with Crippen LogP contribution in [0.4, 0.5) is 0 Å². The van der Waals surface area contributed by atoms with Gasteiger partial charge in [0.25, 0.3) is 0 Å². The van der Waals surface area contributed by atoms with E-state index >= 15 is 0 Å². The lowest BCUT2D eigenvalue weighted by Gasteiger charge is -2.15. The lowest BCUT2D eigenvalue weighted by Crippen LogP contribution is -2.07. The Balaban J connectivity index is 2.02. The third-order valence-electron chi connectivity index (χ3n) is 3.32. The molecule has 1 aliphatic carbocycles. The highest BCUT2D eigenvalue weighted by molar-refractivity contribution is 4.97. The van der Waals surface area contributed by atoms with Gasteiger partial charge in [0.1, 0.15) is 0 Å². The van der Waals surface area contributed by atoms with Crippen LogP contribution in [0.1, 0.15) is 75.5 Å². The van der Waals surface area contributed by atoms with Crippen molar-refractivity contribution in [3.63, 3.8) is 0 Å². The molecule has 1 heterocycles. The third-order valence-corrected chi connectivity index (χ3v) is 3.32. The molecule has 16 heavy (non-hydrogen) atoms. The number of aromatic nitrogens is 2. The van der Waals surface area contributed by atoms with Gasteiger partial charge in [-0.2, -0.15) is 4.98 Å². The predicted octanol–water partition coefficient (Wildman–Crippen LogP) is 2.92. The van der Waals surface area contributed by atoms with Gasteiger partial charge in [0.2, 0.25) is 5.89 Å². The van der Waals surface area contributed by atoms with Gasteiger partial charge in [-0.15, -0.1) is 0 Å². The van der Waals surface area contributed by atoms with Crippen LogP contribution in [0.3, 0.4) is 0 Å². The first-order valence-electron chi connectivity index (χ1n) is 6.36. The van der Waals surface area contributed by atoms with Crippen LogP contribution in [0.15, 0.2) is 4.52 Å². The zero-order chi connectivity index (χ0) is 11.4. The van der Waals surface area contributed by atoms with Crippen LogP contribution in [0.5, 0.6) is 0 Å². The minimum atomic E-state index is -0.158. The fourth-order valence-corrected chi connectivity index (χ4v) is 2.31. The van der Waals surface area contributed by atoms with Gasteiger partial charge >= 0.3 is 0 Å². The van der Waals surface area contributed by atoms with Crippen molar-refractivity contribution in [2.45, 2.75) is 63.8 Å². The van der Waals surface area contributed by atoms with E-state index in [0.29, 0.717) is 11.8 Å². The topological polar surface area (TPSA) is 64.9 Å². The molecule has 0 bridgehead atoms. The lowest BCUT2D eigenvalue weighted by molar-refractivity contribution is 0.348. The first-order chi connectivity index (χ1) is 7.77. The van der Waals surface area contributed by atoms with E-state index in [0.717, 1.165) is 5.82 Å². The number of hydrogen-bond donors (Lipinski definition) is 1. The molecule has 0 saturated heterocycles. The molecule has 90 valence electrons. The smallest absolute Gasteiger partial charge is 0.243 e. The van der Waals surface area contributed by atoms with E-state index in [9.17, 15) is 0 Å². The summed E-state index contributed by atoms with van der Waals surface area (Å²) >= 11 is 0. The van der Waals surface area contributed by atoms with E-state index in [1.807, 2.05) is 6.92 Å². The summed E-state index contributed by atoms with van der Waals surface area (Å²) in [6.45, 7) is 1.87. The number of nitrogens with zero attached hydrogens (tertiary/aromatic N) is 2. The monoisotopic (exact) mass is 223 g/mol. The fraction of sp³-hybridized carbons (Fsp3) is 0.833. The fourth-order valence-electron chi connectivity index (χ4n) is 2.31. The van der Waals surface area contributed by atoms with Crippen LogP contribution >= 0.6 is 0 Å². The Hall–Kier alpha value is -0.900. The molecular weight excluding hydrogens is 202 g/mol. The Morgan fingerprint density at radius 3 is 2.38 bits per heavy atom. The van der Waals surface area contributed by atoms with Gasteiger partial charge in [0, 0.05) is 5.92 Å². The third kappa shape index (κ3) is 2.82.